The van der Waals surface area contributed by atoms with Gasteiger partial charge in [-0.3, -0.25) is 0 Å². The summed E-state index contributed by atoms with van der Waals surface area (Å²) in [7, 11) is 0. The summed E-state index contributed by atoms with van der Waals surface area (Å²) in [5.74, 6) is 0. The molecular formula is C48H100ClNO4. The Balaban J connectivity index is 0. The van der Waals surface area contributed by atoms with Gasteiger partial charge in [0.15, 0.2) is 0 Å². The molecule has 0 saturated carbocycles. The van der Waals surface area contributed by atoms with Crippen molar-refractivity contribution >= 4 is 0 Å². The van der Waals surface area contributed by atoms with E-state index in [1.165, 1.54) is 262 Å². The van der Waals surface area contributed by atoms with Crippen LogP contribution in [0.5, 0.6) is 0 Å². The molecule has 0 amide bonds. The SMILES string of the molecule is OCCCCCCCCCCCC[N+](CCCCCCCCCCCCO)(CCCCCCCCCCCCO)CCCCCCCCCCCCO.[Cl-]. The van der Waals surface area contributed by atoms with Crippen molar-refractivity contribution in [3.8, 4) is 0 Å². The van der Waals surface area contributed by atoms with Gasteiger partial charge in [0.25, 0.3) is 0 Å². The van der Waals surface area contributed by atoms with E-state index >= 15 is 0 Å². The van der Waals surface area contributed by atoms with Crippen molar-refractivity contribution in [2.75, 3.05) is 52.6 Å². The minimum absolute atomic E-state index is 0. The summed E-state index contributed by atoms with van der Waals surface area (Å²) in [5.41, 5.74) is 0. The lowest BCUT2D eigenvalue weighted by atomic mass is 10.0. The van der Waals surface area contributed by atoms with Crippen LogP contribution in [-0.4, -0.2) is 77.5 Å². The van der Waals surface area contributed by atoms with E-state index in [1.54, 1.807) is 0 Å². The maximum absolute atomic E-state index is 9.01. The second kappa shape index (κ2) is 49.2. The third-order valence-electron chi connectivity index (χ3n) is 12.2. The van der Waals surface area contributed by atoms with Crippen LogP contribution in [0.2, 0.25) is 0 Å². The fourth-order valence-electron chi connectivity index (χ4n) is 8.56. The van der Waals surface area contributed by atoms with Gasteiger partial charge in [0, 0.05) is 26.4 Å². The average Bonchev–Trinajstić information content (AvgIpc) is 3.17. The van der Waals surface area contributed by atoms with Crippen molar-refractivity contribution in [1.82, 2.24) is 0 Å². The quantitative estimate of drug-likeness (QED) is 0.0366. The van der Waals surface area contributed by atoms with Gasteiger partial charge in [-0.1, -0.05) is 180 Å². The lowest BCUT2D eigenvalue weighted by Crippen LogP contribution is -3.00. The van der Waals surface area contributed by atoms with Crippen molar-refractivity contribution in [3.63, 3.8) is 0 Å². The molecule has 0 rings (SSSR count). The van der Waals surface area contributed by atoms with Crippen LogP contribution in [0.4, 0.5) is 0 Å². The molecule has 0 heterocycles. The number of hydrogen-bond acceptors (Lipinski definition) is 4. The molecule has 0 unspecified atom stereocenters. The minimum atomic E-state index is 0. The molecule has 6 heteroatoms. The molecule has 4 N–H and O–H groups in total. The number of aliphatic hydroxyl groups excluding tert-OH is 4. The lowest BCUT2D eigenvalue weighted by Gasteiger charge is -2.40. The zero-order valence-electron chi connectivity index (χ0n) is 36.6. The normalized spacial score (nSPS) is 11.8. The highest BCUT2D eigenvalue weighted by Crippen LogP contribution is 2.22. The van der Waals surface area contributed by atoms with Gasteiger partial charge in [0.05, 0.1) is 26.2 Å². The Bertz CT molecular complexity index is 545. The molecule has 0 spiro atoms. The van der Waals surface area contributed by atoms with Crippen LogP contribution in [0.25, 0.3) is 0 Å². The van der Waals surface area contributed by atoms with Crippen LogP contribution in [0, 0.1) is 0 Å². The Kier molecular flexibility index (Phi) is 51.2. The van der Waals surface area contributed by atoms with Crippen LogP contribution in [0.3, 0.4) is 0 Å². The molecule has 5 nitrogen and oxygen atoms in total. The van der Waals surface area contributed by atoms with Gasteiger partial charge >= 0.3 is 0 Å². The van der Waals surface area contributed by atoms with E-state index < -0.39 is 0 Å². The van der Waals surface area contributed by atoms with Crippen LogP contribution in [0.1, 0.15) is 257 Å². The molecule has 0 aliphatic carbocycles. The van der Waals surface area contributed by atoms with Gasteiger partial charge in [0.1, 0.15) is 0 Å². The van der Waals surface area contributed by atoms with Crippen LogP contribution in [0.15, 0.2) is 0 Å². The van der Waals surface area contributed by atoms with Gasteiger partial charge < -0.3 is 37.3 Å². The summed E-state index contributed by atoms with van der Waals surface area (Å²) in [4.78, 5) is 0. The van der Waals surface area contributed by atoms with E-state index in [-0.39, 0.29) is 12.4 Å². The second-order valence-electron chi connectivity index (χ2n) is 17.3. The smallest absolute Gasteiger partial charge is 0.0786 e. The highest BCUT2D eigenvalue weighted by Gasteiger charge is 2.25. The van der Waals surface area contributed by atoms with Crippen molar-refractivity contribution in [1.29, 1.82) is 0 Å². The molecule has 0 aromatic heterocycles. The highest BCUT2D eigenvalue weighted by molar-refractivity contribution is 4.57. The summed E-state index contributed by atoms with van der Waals surface area (Å²) >= 11 is 0. The number of rotatable bonds is 48. The lowest BCUT2D eigenvalue weighted by molar-refractivity contribution is -0.929. The molecular weight excluding hydrogens is 690 g/mol. The van der Waals surface area contributed by atoms with Crippen molar-refractivity contribution < 1.29 is 37.3 Å². The Morgan fingerprint density at radius 3 is 0.407 bits per heavy atom. The van der Waals surface area contributed by atoms with E-state index in [9.17, 15) is 0 Å². The first kappa shape index (κ1) is 56.2. The van der Waals surface area contributed by atoms with E-state index in [4.69, 9.17) is 20.4 Å². The Morgan fingerprint density at radius 2 is 0.278 bits per heavy atom. The molecule has 0 saturated heterocycles. The summed E-state index contributed by atoms with van der Waals surface area (Å²) < 4.78 is 1.41. The Hall–Kier alpha value is 0.0900. The molecule has 0 aliphatic rings. The maximum atomic E-state index is 9.01. The predicted octanol–water partition coefficient (Wildman–Crippen LogP) is 10.4. The first-order valence-corrected chi connectivity index (χ1v) is 24.5. The summed E-state index contributed by atoms with van der Waals surface area (Å²) in [6, 6.07) is 0. The molecule has 0 bridgehead atoms. The third kappa shape index (κ3) is 43.2. The first-order chi connectivity index (χ1) is 26.2. The van der Waals surface area contributed by atoms with Gasteiger partial charge in [-0.15, -0.1) is 0 Å². The number of nitrogens with zero attached hydrogens (tertiary/aromatic N) is 1. The minimum Gasteiger partial charge on any atom is -1.00 e. The molecule has 54 heavy (non-hydrogen) atoms. The van der Waals surface area contributed by atoms with E-state index in [0.717, 1.165) is 25.7 Å². The summed E-state index contributed by atoms with van der Waals surface area (Å²) in [6.45, 7) is 7.07. The first-order valence-electron chi connectivity index (χ1n) is 24.5. The second-order valence-corrected chi connectivity index (χ2v) is 17.3. The van der Waals surface area contributed by atoms with Crippen LogP contribution < -0.4 is 12.4 Å². The Morgan fingerprint density at radius 1 is 0.167 bits per heavy atom. The molecule has 328 valence electrons. The third-order valence-corrected chi connectivity index (χ3v) is 12.2. The largest absolute Gasteiger partial charge is 1.00 e. The van der Waals surface area contributed by atoms with E-state index in [2.05, 4.69) is 0 Å². The fraction of sp³-hybridized carbons (Fsp3) is 1.00. The zero-order chi connectivity index (χ0) is 38.4. The maximum Gasteiger partial charge on any atom is 0.0786 e. The predicted molar refractivity (Wildman–Crippen MR) is 233 cm³/mol. The Labute approximate surface area is 345 Å². The van der Waals surface area contributed by atoms with Gasteiger partial charge in [-0.2, -0.15) is 0 Å². The summed E-state index contributed by atoms with van der Waals surface area (Å²) in [6.07, 6.45) is 53.0. The number of halogens is 1. The summed E-state index contributed by atoms with van der Waals surface area (Å²) in [5, 5.41) is 36.1. The van der Waals surface area contributed by atoms with Crippen LogP contribution in [-0.2, 0) is 0 Å². The van der Waals surface area contributed by atoms with E-state index in [1.807, 2.05) is 0 Å². The molecule has 0 aliphatic heterocycles. The van der Waals surface area contributed by atoms with Gasteiger partial charge in [0.2, 0.25) is 0 Å². The molecule has 0 aromatic rings. The number of unbranched alkanes of at least 4 members (excludes halogenated alkanes) is 36. The van der Waals surface area contributed by atoms with Crippen molar-refractivity contribution in [2.45, 2.75) is 257 Å². The number of quaternary nitrogens is 1. The number of hydrogen-bond donors (Lipinski definition) is 4. The molecule has 0 fully saturated rings. The monoisotopic (exact) mass is 790 g/mol. The highest BCUT2D eigenvalue weighted by atomic mass is 35.5. The zero-order valence-corrected chi connectivity index (χ0v) is 37.3. The molecule has 0 atom stereocenters. The van der Waals surface area contributed by atoms with Crippen LogP contribution >= 0.6 is 0 Å². The van der Waals surface area contributed by atoms with Gasteiger partial charge in [-0.25, -0.2) is 0 Å². The molecule has 0 aromatic carbocycles. The van der Waals surface area contributed by atoms with Crippen molar-refractivity contribution in [3.05, 3.63) is 0 Å². The van der Waals surface area contributed by atoms with Crippen molar-refractivity contribution in [2.24, 2.45) is 0 Å². The fourth-order valence-corrected chi connectivity index (χ4v) is 8.56. The molecule has 0 radical (unpaired) electrons. The topological polar surface area (TPSA) is 80.9 Å². The van der Waals surface area contributed by atoms with E-state index in [0.29, 0.717) is 26.4 Å². The standard InChI is InChI=1S/C48H100NO4.ClH/c50-45-37-29-21-13-5-1-9-17-25-33-41-49(42-34-26-18-10-2-6-14-22-30-38-46-51,43-35-27-19-11-3-7-15-23-31-39-47-52)44-36-28-20-12-4-8-16-24-32-40-48-53;/h50-53H,1-48H2;1H/q+1;/p-1. The van der Waals surface area contributed by atoms with Gasteiger partial charge in [-0.05, 0) is 77.0 Å². The average molecular weight is 791 g/mol. The number of aliphatic hydroxyl groups is 4.